The molecule has 0 aliphatic rings. The van der Waals surface area contributed by atoms with Crippen molar-refractivity contribution in [2.75, 3.05) is 7.11 Å². The van der Waals surface area contributed by atoms with Crippen LogP contribution >= 0.6 is 0 Å². The van der Waals surface area contributed by atoms with Crippen molar-refractivity contribution in [1.82, 2.24) is 10.6 Å². The van der Waals surface area contributed by atoms with Gasteiger partial charge in [-0.05, 0) is 25.0 Å². The van der Waals surface area contributed by atoms with Crippen LogP contribution < -0.4 is 15.4 Å². The predicted molar refractivity (Wildman–Crippen MR) is 92.6 cm³/mol. The predicted octanol–water partition coefficient (Wildman–Crippen LogP) is 3.95. The molecule has 2 rings (SSSR count). The van der Waals surface area contributed by atoms with Gasteiger partial charge in [0.2, 0.25) is 0 Å². The molecule has 1 atom stereocenters. The summed E-state index contributed by atoms with van der Waals surface area (Å²) in [5.41, 5.74) is 3.28. The van der Waals surface area contributed by atoms with E-state index in [1.165, 1.54) is 5.56 Å². The van der Waals surface area contributed by atoms with E-state index in [4.69, 9.17) is 4.74 Å². The van der Waals surface area contributed by atoms with Crippen molar-refractivity contribution in [2.45, 2.75) is 32.9 Å². The zero-order chi connectivity index (χ0) is 16.7. The van der Waals surface area contributed by atoms with Crippen LogP contribution in [0.5, 0.6) is 5.75 Å². The van der Waals surface area contributed by atoms with E-state index >= 15 is 0 Å². The van der Waals surface area contributed by atoms with Crippen molar-refractivity contribution < 1.29 is 9.53 Å². The SMILES string of the molecule is CC[C@@H](NC(=O)NCc1ccccc1OC)c1ccc(C)cc1. The Morgan fingerprint density at radius 1 is 1.13 bits per heavy atom. The topological polar surface area (TPSA) is 50.4 Å². The van der Waals surface area contributed by atoms with E-state index in [1.54, 1.807) is 7.11 Å². The van der Waals surface area contributed by atoms with Crippen LogP contribution in [0, 0.1) is 6.92 Å². The zero-order valence-corrected chi connectivity index (χ0v) is 13.9. The van der Waals surface area contributed by atoms with Gasteiger partial charge in [0, 0.05) is 12.1 Å². The number of urea groups is 1. The maximum Gasteiger partial charge on any atom is 0.315 e. The molecule has 2 aromatic rings. The normalized spacial score (nSPS) is 11.6. The van der Waals surface area contributed by atoms with Crippen molar-refractivity contribution in [1.29, 1.82) is 0 Å². The van der Waals surface area contributed by atoms with E-state index in [2.05, 4.69) is 48.7 Å². The monoisotopic (exact) mass is 312 g/mol. The van der Waals surface area contributed by atoms with Gasteiger partial charge in [0.1, 0.15) is 5.75 Å². The molecule has 0 spiro atoms. The average molecular weight is 312 g/mol. The molecule has 0 saturated heterocycles. The van der Waals surface area contributed by atoms with E-state index in [0.29, 0.717) is 6.54 Å². The molecule has 0 heterocycles. The second kappa shape index (κ2) is 8.22. The Balaban J connectivity index is 1.94. The Kier molecular flexibility index (Phi) is 6.03. The number of ether oxygens (including phenoxy) is 1. The van der Waals surface area contributed by atoms with Crippen LogP contribution in [0.4, 0.5) is 4.79 Å². The molecule has 0 radical (unpaired) electrons. The third kappa shape index (κ3) is 4.74. The number of nitrogens with one attached hydrogen (secondary N) is 2. The maximum atomic E-state index is 12.2. The molecule has 23 heavy (non-hydrogen) atoms. The maximum absolute atomic E-state index is 12.2. The third-order valence-corrected chi connectivity index (χ3v) is 3.83. The number of aryl methyl sites for hydroxylation is 1. The fourth-order valence-corrected chi connectivity index (χ4v) is 2.45. The molecule has 0 aliphatic heterocycles. The number of hydrogen-bond donors (Lipinski definition) is 2. The fourth-order valence-electron chi connectivity index (χ4n) is 2.45. The highest BCUT2D eigenvalue weighted by molar-refractivity contribution is 5.74. The minimum absolute atomic E-state index is 0.00766. The Morgan fingerprint density at radius 2 is 1.83 bits per heavy atom. The lowest BCUT2D eigenvalue weighted by Crippen LogP contribution is -2.37. The molecule has 2 N–H and O–H groups in total. The highest BCUT2D eigenvalue weighted by Crippen LogP contribution is 2.18. The molecule has 0 aliphatic carbocycles. The van der Waals surface area contributed by atoms with Gasteiger partial charge in [-0.1, -0.05) is 55.0 Å². The largest absolute Gasteiger partial charge is 0.496 e. The smallest absolute Gasteiger partial charge is 0.315 e. The van der Waals surface area contributed by atoms with Crippen molar-refractivity contribution in [3.63, 3.8) is 0 Å². The fraction of sp³-hybridized carbons (Fsp3) is 0.316. The first-order valence-corrected chi connectivity index (χ1v) is 7.87. The average Bonchev–Trinajstić information content (AvgIpc) is 2.59. The molecule has 0 bridgehead atoms. The van der Waals surface area contributed by atoms with E-state index in [1.807, 2.05) is 24.3 Å². The molecule has 4 heteroatoms. The Bertz CT molecular complexity index is 638. The first-order chi connectivity index (χ1) is 11.1. The lowest BCUT2D eigenvalue weighted by Gasteiger charge is -2.18. The molecule has 122 valence electrons. The van der Waals surface area contributed by atoms with Gasteiger partial charge in [-0.3, -0.25) is 0 Å². The summed E-state index contributed by atoms with van der Waals surface area (Å²) >= 11 is 0. The van der Waals surface area contributed by atoms with Gasteiger partial charge >= 0.3 is 6.03 Å². The van der Waals surface area contributed by atoms with Gasteiger partial charge in [0.15, 0.2) is 0 Å². The summed E-state index contributed by atoms with van der Waals surface area (Å²) in [6.45, 7) is 4.54. The molecule has 4 nitrogen and oxygen atoms in total. The van der Waals surface area contributed by atoms with Crippen LogP contribution in [0.3, 0.4) is 0 Å². The van der Waals surface area contributed by atoms with Crippen LogP contribution in [0.15, 0.2) is 48.5 Å². The number of rotatable bonds is 6. The van der Waals surface area contributed by atoms with Crippen LogP contribution in [-0.2, 0) is 6.54 Å². The van der Waals surface area contributed by atoms with Crippen molar-refractivity contribution in [2.24, 2.45) is 0 Å². The lowest BCUT2D eigenvalue weighted by atomic mass is 10.0. The quantitative estimate of drug-likeness (QED) is 0.848. The molecule has 0 aromatic heterocycles. The Morgan fingerprint density at radius 3 is 2.48 bits per heavy atom. The number of hydrogen-bond acceptors (Lipinski definition) is 2. The van der Waals surface area contributed by atoms with Gasteiger partial charge in [-0.2, -0.15) is 0 Å². The first-order valence-electron chi connectivity index (χ1n) is 7.87. The molecular formula is C19H24N2O2. The molecule has 0 unspecified atom stereocenters. The van der Waals surface area contributed by atoms with E-state index in [-0.39, 0.29) is 12.1 Å². The molecular weight excluding hydrogens is 288 g/mol. The van der Waals surface area contributed by atoms with Crippen LogP contribution in [-0.4, -0.2) is 13.1 Å². The standard InChI is InChI=1S/C19H24N2O2/c1-4-17(15-11-9-14(2)10-12-15)21-19(22)20-13-16-7-5-6-8-18(16)23-3/h5-12,17H,4,13H2,1-3H3,(H2,20,21,22)/t17-/m1/s1. The second-order valence-corrected chi connectivity index (χ2v) is 5.51. The summed E-state index contributed by atoms with van der Waals surface area (Å²) in [5.74, 6) is 0.776. The Hall–Kier alpha value is -2.49. The molecule has 2 aromatic carbocycles. The highest BCUT2D eigenvalue weighted by Gasteiger charge is 2.12. The second-order valence-electron chi connectivity index (χ2n) is 5.51. The summed E-state index contributed by atoms with van der Waals surface area (Å²) in [4.78, 5) is 12.2. The van der Waals surface area contributed by atoms with Gasteiger partial charge in [-0.25, -0.2) is 4.79 Å². The number of carbonyl (C=O) groups excluding carboxylic acids is 1. The van der Waals surface area contributed by atoms with Crippen molar-refractivity contribution in [3.8, 4) is 5.75 Å². The van der Waals surface area contributed by atoms with Gasteiger partial charge in [-0.15, -0.1) is 0 Å². The number of amides is 2. The van der Waals surface area contributed by atoms with E-state index < -0.39 is 0 Å². The Labute approximate surface area is 137 Å². The highest BCUT2D eigenvalue weighted by atomic mass is 16.5. The minimum atomic E-state index is -0.177. The summed E-state index contributed by atoms with van der Waals surface area (Å²) < 4.78 is 5.29. The number of para-hydroxylation sites is 1. The summed E-state index contributed by atoms with van der Waals surface area (Å²) in [7, 11) is 1.63. The lowest BCUT2D eigenvalue weighted by molar-refractivity contribution is 0.236. The number of benzene rings is 2. The van der Waals surface area contributed by atoms with Crippen LogP contribution in [0.25, 0.3) is 0 Å². The zero-order valence-electron chi connectivity index (χ0n) is 13.9. The van der Waals surface area contributed by atoms with Gasteiger partial charge in [0.05, 0.1) is 13.2 Å². The van der Waals surface area contributed by atoms with Gasteiger partial charge < -0.3 is 15.4 Å². The molecule has 2 amide bonds. The van der Waals surface area contributed by atoms with E-state index in [9.17, 15) is 4.79 Å². The number of methoxy groups -OCH3 is 1. The van der Waals surface area contributed by atoms with Crippen molar-refractivity contribution in [3.05, 3.63) is 65.2 Å². The summed E-state index contributed by atoms with van der Waals surface area (Å²) in [6.07, 6.45) is 0.838. The van der Waals surface area contributed by atoms with E-state index in [0.717, 1.165) is 23.3 Å². The van der Waals surface area contributed by atoms with Crippen LogP contribution in [0.1, 0.15) is 36.1 Å². The third-order valence-electron chi connectivity index (χ3n) is 3.83. The summed E-state index contributed by atoms with van der Waals surface area (Å²) in [6, 6.07) is 15.7. The molecule has 0 fully saturated rings. The van der Waals surface area contributed by atoms with Crippen LogP contribution in [0.2, 0.25) is 0 Å². The molecule has 0 saturated carbocycles. The van der Waals surface area contributed by atoms with Crippen molar-refractivity contribution >= 4 is 6.03 Å². The van der Waals surface area contributed by atoms with Gasteiger partial charge in [0.25, 0.3) is 0 Å². The minimum Gasteiger partial charge on any atom is -0.496 e. The number of carbonyl (C=O) groups is 1. The summed E-state index contributed by atoms with van der Waals surface area (Å²) in [5, 5.41) is 5.91. The first kappa shape index (κ1) is 16.9.